The highest BCUT2D eigenvalue weighted by Gasteiger charge is 2.51. The quantitative estimate of drug-likeness (QED) is 0.767. The molecule has 0 amide bonds. The maximum atomic E-state index is 11.9. The van der Waals surface area contributed by atoms with Crippen molar-refractivity contribution in [1.82, 2.24) is 14.7 Å². The van der Waals surface area contributed by atoms with E-state index >= 15 is 0 Å². The second-order valence-corrected chi connectivity index (χ2v) is 4.96. The van der Waals surface area contributed by atoms with Crippen molar-refractivity contribution in [3.8, 4) is 0 Å². The van der Waals surface area contributed by atoms with E-state index in [1.54, 1.807) is 0 Å². The van der Waals surface area contributed by atoms with Crippen LogP contribution in [0.4, 0.5) is 0 Å². The van der Waals surface area contributed by atoms with Crippen LogP contribution in [0.15, 0.2) is 41.2 Å². The summed E-state index contributed by atoms with van der Waals surface area (Å²) < 4.78 is 6.79. The highest BCUT2D eigenvalue weighted by atomic mass is 16.5. The van der Waals surface area contributed by atoms with Gasteiger partial charge >= 0.3 is 5.97 Å². The van der Waals surface area contributed by atoms with E-state index in [9.17, 15) is 9.90 Å². The summed E-state index contributed by atoms with van der Waals surface area (Å²) in [6, 6.07) is 9.77. The summed E-state index contributed by atoms with van der Waals surface area (Å²) in [5, 5.41) is 14.6. The molecule has 1 atom stereocenters. The maximum Gasteiger partial charge on any atom is 0.323 e. The lowest BCUT2D eigenvalue weighted by Gasteiger charge is -2.19. The molecule has 1 unspecified atom stereocenters. The molecule has 100 valence electrons. The first-order valence-corrected chi connectivity index (χ1v) is 6.32. The lowest BCUT2D eigenvalue weighted by Crippen LogP contribution is -2.36. The third-order valence-electron chi connectivity index (χ3n) is 4.07. The number of benzene rings is 1. The average molecular weight is 269 g/mol. The Morgan fingerprint density at radius 2 is 2.25 bits per heavy atom. The molecule has 2 aromatic heterocycles. The molecular formula is C14H11N3O3. The van der Waals surface area contributed by atoms with Crippen LogP contribution in [0.25, 0.3) is 10.9 Å². The number of hydrogen-bond acceptors (Lipinski definition) is 4. The van der Waals surface area contributed by atoms with Crippen LogP contribution in [0.3, 0.4) is 0 Å². The zero-order valence-corrected chi connectivity index (χ0v) is 10.5. The molecule has 6 nitrogen and oxygen atoms in total. The maximum absolute atomic E-state index is 11.9. The first-order chi connectivity index (χ1) is 9.73. The Bertz CT molecular complexity index is 806. The number of carboxylic acid groups (broad SMARTS) is 1. The van der Waals surface area contributed by atoms with Crippen LogP contribution in [-0.2, 0) is 16.8 Å². The van der Waals surface area contributed by atoms with Gasteiger partial charge in [-0.25, -0.2) is 0 Å². The number of aryl methyl sites for hydroxylation is 1. The molecule has 0 spiro atoms. The molecule has 6 heteroatoms. The van der Waals surface area contributed by atoms with Crippen molar-refractivity contribution in [3.05, 3.63) is 48.2 Å². The Kier molecular flexibility index (Phi) is 2.07. The first kappa shape index (κ1) is 11.2. The van der Waals surface area contributed by atoms with Gasteiger partial charge in [0, 0.05) is 17.8 Å². The van der Waals surface area contributed by atoms with Gasteiger partial charge in [0.1, 0.15) is 0 Å². The monoisotopic (exact) mass is 269 g/mol. The van der Waals surface area contributed by atoms with Crippen molar-refractivity contribution >= 4 is 16.9 Å². The van der Waals surface area contributed by atoms with Crippen molar-refractivity contribution in [2.24, 2.45) is 0 Å². The lowest BCUT2D eigenvalue weighted by atomic mass is 9.82. The van der Waals surface area contributed by atoms with Crippen LogP contribution in [0.2, 0.25) is 0 Å². The van der Waals surface area contributed by atoms with Crippen LogP contribution in [0, 0.1) is 0 Å². The van der Waals surface area contributed by atoms with Gasteiger partial charge in [0.2, 0.25) is 6.39 Å². The Labute approximate surface area is 113 Å². The van der Waals surface area contributed by atoms with E-state index in [1.165, 1.54) is 6.39 Å². The molecule has 1 aliphatic heterocycles. The van der Waals surface area contributed by atoms with Gasteiger partial charge in [0.15, 0.2) is 11.2 Å². The molecule has 0 fully saturated rings. The molecular weight excluding hydrogens is 258 g/mol. The van der Waals surface area contributed by atoms with E-state index in [4.69, 9.17) is 4.52 Å². The zero-order valence-electron chi connectivity index (χ0n) is 10.5. The Balaban J connectivity index is 2.05. The minimum Gasteiger partial charge on any atom is -0.480 e. The Morgan fingerprint density at radius 3 is 3.00 bits per heavy atom. The van der Waals surface area contributed by atoms with Gasteiger partial charge < -0.3 is 14.2 Å². The number of nitrogens with zero attached hydrogens (tertiary/aromatic N) is 3. The fraction of sp³-hybridized carbons (Fsp3) is 0.214. The minimum atomic E-state index is -1.22. The van der Waals surface area contributed by atoms with E-state index < -0.39 is 11.4 Å². The van der Waals surface area contributed by atoms with E-state index in [-0.39, 0.29) is 5.82 Å². The first-order valence-electron chi connectivity index (χ1n) is 6.32. The fourth-order valence-electron chi connectivity index (χ4n) is 3.11. The normalized spacial score (nSPS) is 21.2. The van der Waals surface area contributed by atoms with Gasteiger partial charge in [-0.1, -0.05) is 23.4 Å². The molecule has 0 saturated heterocycles. The van der Waals surface area contributed by atoms with Crippen LogP contribution >= 0.6 is 0 Å². The third-order valence-corrected chi connectivity index (χ3v) is 4.07. The number of fused-ring (bicyclic) bond motifs is 3. The SMILES string of the molecule is O=C(O)C1(c2ncon2)CCn2c1cc1ccccc12. The predicted molar refractivity (Wildman–Crippen MR) is 69.3 cm³/mol. The summed E-state index contributed by atoms with van der Waals surface area (Å²) in [6.45, 7) is 0.629. The van der Waals surface area contributed by atoms with Crippen molar-refractivity contribution in [2.45, 2.75) is 18.4 Å². The second-order valence-electron chi connectivity index (χ2n) is 4.96. The van der Waals surface area contributed by atoms with E-state index in [1.807, 2.05) is 34.9 Å². The molecule has 0 radical (unpaired) electrons. The molecule has 0 saturated carbocycles. The Morgan fingerprint density at radius 1 is 1.40 bits per heavy atom. The van der Waals surface area contributed by atoms with E-state index in [2.05, 4.69) is 10.1 Å². The lowest BCUT2D eigenvalue weighted by molar-refractivity contribution is -0.142. The molecule has 1 aromatic carbocycles. The largest absolute Gasteiger partial charge is 0.480 e. The zero-order chi connectivity index (χ0) is 13.7. The number of aliphatic carboxylic acids is 1. The van der Waals surface area contributed by atoms with Crippen molar-refractivity contribution in [2.75, 3.05) is 0 Å². The topological polar surface area (TPSA) is 81.2 Å². The summed E-state index contributed by atoms with van der Waals surface area (Å²) >= 11 is 0. The Hall–Kier alpha value is -2.63. The van der Waals surface area contributed by atoms with Gasteiger partial charge in [0.05, 0.1) is 0 Å². The van der Waals surface area contributed by atoms with E-state index in [0.29, 0.717) is 18.7 Å². The molecule has 4 rings (SSSR count). The minimum absolute atomic E-state index is 0.214. The highest BCUT2D eigenvalue weighted by molar-refractivity contribution is 5.90. The molecule has 3 aromatic rings. The molecule has 3 heterocycles. The number of carbonyl (C=O) groups is 1. The average Bonchev–Trinajstić information content (AvgIpc) is 3.13. The summed E-state index contributed by atoms with van der Waals surface area (Å²) in [6.07, 6.45) is 1.60. The number of rotatable bonds is 2. The van der Waals surface area contributed by atoms with Crippen LogP contribution in [0.5, 0.6) is 0 Å². The molecule has 20 heavy (non-hydrogen) atoms. The summed E-state index contributed by atoms with van der Waals surface area (Å²) in [5.41, 5.74) is 0.535. The van der Waals surface area contributed by atoms with Crippen LogP contribution < -0.4 is 0 Å². The van der Waals surface area contributed by atoms with Crippen molar-refractivity contribution in [1.29, 1.82) is 0 Å². The summed E-state index contributed by atoms with van der Waals surface area (Å²) in [5.74, 6) is -0.730. The molecule has 0 bridgehead atoms. The summed E-state index contributed by atoms with van der Waals surface area (Å²) in [4.78, 5) is 15.9. The molecule has 0 aliphatic carbocycles. The number of hydrogen-bond donors (Lipinski definition) is 1. The predicted octanol–water partition coefficient (Wildman–Crippen LogP) is 1.80. The standard InChI is InChI=1S/C14H11N3O3/c18-13(19)14(12-15-8-20-16-12)5-6-17-10-4-2-1-3-9(10)7-11(14)17/h1-4,7-8H,5-6H2,(H,18,19). The van der Waals surface area contributed by atoms with Gasteiger partial charge in [-0.2, -0.15) is 4.98 Å². The molecule has 1 aliphatic rings. The van der Waals surface area contributed by atoms with Crippen LogP contribution in [0.1, 0.15) is 17.9 Å². The van der Waals surface area contributed by atoms with Crippen molar-refractivity contribution in [3.63, 3.8) is 0 Å². The van der Waals surface area contributed by atoms with E-state index in [0.717, 1.165) is 10.9 Å². The number of aromatic nitrogens is 3. The van der Waals surface area contributed by atoms with Crippen LogP contribution in [-0.4, -0.2) is 25.8 Å². The smallest absolute Gasteiger partial charge is 0.323 e. The fourth-order valence-corrected chi connectivity index (χ4v) is 3.11. The third kappa shape index (κ3) is 1.20. The van der Waals surface area contributed by atoms with Gasteiger partial charge in [0.25, 0.3) is 0 Å². The highest BCUT2D eigenvalue weighted by Crippen LogP contribution is 2.42. The summed E-state index contributed by atoms with van der Waals surface area (Å²) in [7, 11) is 0. The molecule has 1 N–H and O–H groups in total. The van der Waals surface area contributed by atoms with Gasteiger partial charge in [-0.15, -0.1) is 0 Å². The van der Waals surface area contributed by atoms with Crippen molar-refractivity contribution < 1.29 is 14.4 Å². The van der Waals surface area contributed by atoms with Gasteiger partial charge in [-0.05, 0) is 23.9 Å². The number of carboxylic acids is 1. The van der Waals surface area contributed by atoms with Gasteiger partial charge in [-0.3, -0.25) is 4.79 Å². The number of para-hydroxylation sites is 1. The second kappa shape index (κ2) is 3.69.